The van der Waals surface area contributed by atoms with Crippen LogP contribution in [-0.4, -0.2) is 31.4 Å². The molecule has 0 aliphatic rings. The first-order chi connectivity index (χ1) is 9.15. The van der Waals surface area contributed by atoms with Gasteiger partial charge in [-0.1, -0.05) is 30.3 Å². The second-order valence-electron chi connectivity index (χ2n) is 4.29. The second-order valence-corrected chi connectivity index (χ2v) is 4.29. The summed E-state index contributed by atoms with van der Waals surface area (Å²) in [6.07, 6.45) is -0.299. The first-order valence-electron chi connectivity index (χ1n) is 5.97. The monoisotopic (exact) mass is 260 g/mol. The van der Waals surface area contributed by atoms with Gasteiger partial charge in [0.15, 0.2) is 6.10 Å². The molecule has 0 aliphatic heterocycles. The fraction of sp³-hybridized carbons (Fsp3) is 0.267. The quantitative estimate of drug-likeness (QED) is 0.857. The summed E-state index contributed by atoms with van der Waals surface area (Å²) in [4.78, 5) is 11.5. The Kier molecular flexibility index (Phi) is 4.02. The van der Waals surface area contributed by atoms with E-state index in [-0.39, 0.29) is 5.75 Å². The van der Waals surface area contributed by atoms with Crippen LogP contribution in [-0.2, 0) is 20.7 Å². The van der Waals surface area contributed by atoms with Crippen LogP contribution in [0.15, 0.2) is 36.4 Å². The molecule has 4 heteroatoms. The van der Waals surface area contributed by atoms with E-state index >= 15 is 0 Å². The summed E-state index contributed by atoms with van der Waals surface area (Å²) in [7, 11) is 2.79. The third kappa shape index (κ3) is 2.85. The zero-order chi connectivity index (χ0) is 13.8. The molecule has 0 aliphatic carbocycles. The number of ether oxygens (including phenoxy) is 2. The number of hydrogen-bond acceptors (Lipinski definition) is 4. The van der Waals surface area contributed by atoms with Crippen LogP contribution in [0.4, 0.5) is 0 Å². The molecule has 2 aromatic carbocycles. The van der Waals surface area contributed by atoms with E-state index in [9.17, 15) is 9.90 Å². The first-order valence-corrected chi connectivity index (χ1v) is 5.97. The summed E-state index contributed by atoms with van der Waals surface area (Å²) in [5.74, 6) is -0.219. The van der Waals surface area contributed by atoms with Crippen LogP contribution in [0.1, 0.15) is 5.56 Å². The highest BCUT2D eigenvalue weighted by Gasteiger charge is 2.19. The highest BCUT2D eigenvalue weighted by atomic mass is 16.6. The second kappa shape index (κ2) is 5.71. The molecule has 1 N–H and O–H groups in total. The maximum atomic E-state index is 11.5. The summed E-state index contributed by atoms with van der Waals surface area (Å²) >= 11 is 0. The predicted octanol–water partition coefficient (Wildman–Crippen LogP) is 2.28. The van der Waals surface area contributed by atoms with Crippen LogP contribution < -0.4 is 0 Å². The molecule has 4 nitrogen and oxygen atoms in total. The topological polar surface area (TPSA) is 55.8 Å². The average molecular weight is 260 g/mol. The lowest BCUT2D eigenvalue weighted by atomic mass is 10.0. The van der Waals surface area contributed by atoms with Crippen molar-refractivity contribution in [1.29, 1.82) is 0 Å². The number of methoxy groups -OCH3 is 2. The van der Waals surface area contributed by atoms with Crippen molar-refractivity contribution in [2.24, 2.45) is 0 Å². The molecule has 0 radical (unpaired) electrons. The van der Waals surface area contributed by atoms with Crippen LogP contribution in [0, 0.1) is 0 Å². The molecule has 1 atom stereocenters. The van der Waals surface area contributed by atoms with Crippen molar-refractivity contribution in [3.05, 3.63) is 42.0 Å². The normalized spacial score (nSPS) is 12.3. The molecule has 100 valence electrons. The SMILES string of the molecule is COC(=O)[C@H](Cc1cc(O)c2ccccc2c1)OC. The smallest absolute Gasteiger partial charge is 0.335 e. The fourth-order valence-electron chi connectivity index (χ4n) is 2.08. The fourth-order valence-corrected chi connectivity index (χ4v) is 2.08. The lowest BCUT2D eigenvalue weighted by Crippen LogP contribution is -2.26. The number of rotatable bonds is 4. The maximum Gasteiger partial charge on any atom is 0.335 e. The molecule has 0 unspecified atom stereocenters. The molecule has 19 heavy (non-hydrogen) atoms. The number of fused-ring (bicyclic) bond motifs is 1. The van der Waals surface area contributed by atoms with E-state index in [0.29, 0.717) is 6.42 Å². The molecular formula is C15H16O4. The van der Waals surface area contributed by atoms with Crippen molar-refractivity contribution in [3.8, 4) is 5.75 Å². The molecule has 0 spiro atoms. The third-order valence-electron chi connectivity index (χ3n) is 3.07. The van der Waals surface area contributed by atoms with Crippen LogP contribution in [0.5, 0.6) is 5.75 Å². The standard InChI is InChI=1S/C15H16O4/c1-18-14(15(17)19-2)9-10-7-11-5-3-4-6-12(11)13(16)8-10/h3-8,14,16H,9H2,1-2H3/t14-/m0/s1. The van der Waals surface area contributed by atoms with E-state index in [0.717, 1.165) is 16.3 Å². The van der Waals surface area contributed by atoms with Gasteiger partial charge in [-0.05, 0) is 17.0 Å². The van der Waals surface area contributed by atoms with Crippen LogP contribution in [0.3, 0.4) is 0 Å². The molecule has 0 aromatic heterocycles. The summed E-state index contributed by atoms with van der Waals surface area (Å²) < 4.78 is 9.77. The van der Waals surface area contributed by atoms with E-state index in [1.807, 2.05) is 30.3 Å². The Morgan fingerprint density at radius 3 is 2.68 bits per heavy atom. The highest BCUT2D eigenvalue weighted by molar-refractivity contribution is 5.88. The van der Waals surface area contributed by atoms with E-state index in [1.165, 1.54) is 14.2 Å². The van der Waals surface area contributed by atoms with E-state index < -0.39 is 12.1 Å². The lowest BCUT2D eigenvalue weighted by Gasteiger charge is -2.13. The van der Waals surface area contributed by atoms with Gasteiger partial charge in [-0.15, -0.1) is 0 Å². The minimum Gasteiger partial charge on any atom is -0.507 e. The number of phenolic OH excluding ortho intramolecular Hbond substituents is 1. The van der Waals surface area contributed by atoms with E-state index in [4.69, 9.17) is 4.74 Å². The number of hydrogen-bond donors (Lipinski definition) is 1. The van der Waals surface area contributed by atoms with Gasteiger partial charge in [-0.2, -0.15) is 0 Å². The predicted molar refractivity (Wildman–Crippen MR) is 72.1 cm³/mol. The van der Waals surface area contributed by atoms with Crippen LogP contribution >= 0.6 is 0 Å². The molecular weight excluding hydrogens is 244 g/mol. The van der Waals surface area contributed by atoms with Crippen molar-refractivity contribution in [2.75, 3.05) is 14.2 Å². The van der Waals surface area contributed by atoms with Gasteiger partial charge in [0, 0.05) is 18.9 Å². The maximum absolute atomic E-state index is 11.5. The van der Waals surface area contributed by atoms with E-state index in [2.05, 4.69) is 4.74 Å². The van der Waals surface area contributed by atoms with Crippen LogP contribution in [0.2, 0.25) is 0 Å². The van der Waals surface area contributed by atoms with Crippen molar-refractivity contribution >= 4 is 16.7 Å². The Bertz CT molecular complexity index is 592. The highest BCUT2D eigenvalue weighted by Crippen LogP contribution is 2.27. The molecule has 0 saturated heterocycles. The Morgan fingerprint density at radius 2 is 2.00 bits per heavy atom. The Hall–Kier alpha value is -2.07. The number of phenols is 1. The number of esters is 1. The number of carbonyl (C=O) groups excluding carboxylic acids is 1. The molecule has 0 saturated carbocycles. The van der Waals surface area contributed by atoms with Crippen molar-refractivity contribution < 1.29 is 19.4 Å². The number of benzene rings is 2. The van der Waals surface area contributed by atoms with Gasteiger partial charge in [-0.3, -0.25) is 0 Å². The third-order valence-corrected chi connectivity index (χ3v) is 3.07. The van der Waals surface area contributed by atoms with Gasteiger partial charge in [0.2, 0.25) is 0 Å². The summed E-state index contributed by atoms with van der Waals surface area (Å²) in [5, 5.41) is 11.7. The molecule has 0 fully saturated rings. The number of carbonyl (C=O) groups is 1. The number of aromatic hydroxyl groups is 1. The largest absolute Gasteiger partial charge is 0.507 e. The van der Waals surface area contributed by atoms with Gasteiger partial charge < -0.3 is 14.6 Å². The lowest BCUT2D eigenvalue weighted by molar-refractivity contribution is -0.152. The minimum absolute atomic E-state index is 0.202. The summed E-state index contributed by atoms with van der Waals surface area (Å²) in [6, 6.07) is 11.1. The molecule has 0 bridgehead atoms. The van der Waals surface area contributed by atoms with Crippen molar-refractivity contribution in [3.63, 3.8) is 0 Å². The molecule has 0 heterocycles. The molecule has 0 amide bonds. The minimum atomic E-state index is -0.662. The van der Waals surface area contributed by atoms with Gasteiger partial charge in [0.05, 0.1) is 7.11 Å². The van der Waals surface area contributed by atoms with Gasteiger partial charge in [0.25, 0.3) is 0 Å². The zero-order valence-electron chi connectivity index (χ0n) is 10.9. The summed E-state index contributed by atoms with van der Waals surface area (Å²) in [6.45, 7) is 0. The Balaban J connectivity index is 2.33. The van der Waals surface area contributed by atoms with E-state index in [1.54, 1.807) is 6.07 Å². The first kappa shape index (κ1) is 13.4. The van der Waals surface area contributed by atoms with Crippen LogP contribution in [0.25, 0.3) is 10.8 Å². The van der Waals surface area contributed by atoms with Crippen molar-refractivity contribution in [2.45, 2.75) is 12.5 Å². The Labute approximate surface area is 111 Å². The Morgan fingerprint density at radius 1 is 1.26 bits per heavy atom. The van der Waals surface area contributed by atoms with Crippen molar-refractivity contribution in [1.82, 2.24) is 0 Å². The van der Waals surface area contributed by atoms with Gasteiger partial charge in [-0.25, -0.2) is 4.79 Å². The molecule has 2 rings (SSSR count). The zero-order valence-corrected chi connectivity index (χ0v) is 10.9. The summed E-state index contributed by atoms with van der Waals surface area (Å²) in [5.41, 5.74) is 0.827. The average Bonchev–Trinajstić information content (AvgIpc) is 2.44. The molecule has 2 aromatic rings. The van der Waals surface area contributed by atoms with Gasteiger partial charge >= 0.3 is 5.97 Å². The van der Waals surface area contributed by atoms with Gasteiger partial charge in [0.1, 0.15) is 5.75 Å².